The largest absolute Gasteiger partial charge is 0.507 e. The summed E-state index contributed by atoms with van der Waals surface area (Å²) in [5, 5.41) is 14.6. The number of para-hydroxylation sites is 2. The number of aromatic hydroxyl groups is 1. The Morgan fingerprint density at radius 3 is 2.55 bits per heavy atom. The van der Waals surface area contributed by atoms with Crippen molar-refractivity contribution in [2.45, 2.75) is 6.92 Å². The lowest BCUT2D eigenvalue weighted by Crippen LogP contribution is -2.18. The van der Waals surface area contributed by atoms with Gasteiger partial charge in [0.25, 0.3) is 5.91 Å². The summed E-state index contributed by atoms with van der Waals surface area (Å²) >= 11 is 0. The van der Waals surface area contributed by atoms with Crippen LogP contribution in [-0.4, -0.2) is 22.2 Å². The smallest absolute Gasteiger partial charge is 0.272 e. The molecule has 29 heavy (non-hydrogen) atoms. The number of nitrogens with zero attached hydrogens (tertiary/aromatic N) is 2. The number of benzene rings is 3. The van der Waals surface area contributed by atoms with Crippen LogP contribution in [0.15, 0.2) is 84.0 Å². The first kappa shape index (κ1) is 18.4. The number of phenolic OH excluding ortho intramolecular Hbond substituents is 1. The molecule has 5 heteroatoms. The normalized spacial score (nSPS) is 11.1. The summed E-state index contributed by atoms with van der Waals surface area (Å²) in [5.74, 6) is -0.244. The van der Waals surface area contributed by atoms with Crippen molar-refractivity contribution < 1.29 is 9.90 Å². The summed E-state index contributed by atoms with van der Waals surface area (Å²) in [6.45, 7) is 2.02. The molecule has 0 aliphatic rings. The highest BCUT2D eigenvalue weighted by molar-refractivity contribution is 6.07. The van der Waals surface area contributed by atoms with E-state index in [0.717, 1.165) is 27.7 Å². The molecule has 142 valence electrons. The van der Waals surface area contributed by atoms with E-state index < -0.39 is 0 Å². The second kappa shape index (κ2) is 7.94. The zero-order valence-corrected chi connectivity index (χ0v) is 15.8. The van der Waals surface area contributed by atoms with Gasteiger partial charge in [-0.25, -0.2) is 10.4 Å². The molecule has 1 heterocycles. The Balaban J connectivity index is 1.71. The highest BCUT2D eigenvalue weighted by Crippen LogP contribution is 2.27. The van der Waals surface area contributed by atoms with Crippen molar-refractivity contribution in [1.82, 2.24) is 10.4 Å². The number of aromatic nitrogens is 1. The van der Waals surface area contributed by atoms with E-state index >= 15 is 0 Å². The fraction of sp³-hybridized carbons (Fsp3) is 0.0417. The van der Waals surface area contributed by atoms with Crippen LogP contribution in [0.5, 0.6) is 5.75 Å². The Hall–Kier alpha value is -3.99. The second-order valence-corrected chi connectivity index (χ2v) is 6.65. The van der Waals surface area contributed by atoms with Crippen LogP contribution in [0.3, 0.4) is 0 Å². The third-order valence-corrected chi connectivity index (χ3v) is 4.69. The van der Waals surface area contributed by atoms with Gasteiger partial charge in [-0.05, 0) is 36.8 Å². The molecule has 3 aromatic carbocycles. The average molecular weight is 381 g/mol. The number of hydrogen-bond acceptors (Lipinski definition) is 4. The Bertz CT molecular complexity index is 1230. The van der Waals surface area contributed by atoms with E-state index in [4.69, 9.17) is 4.98 Å². The molecule has 0 spiro atoms. The Morgan fingerprint density at radius 1 is 1.00 bits per heavy atom. The van der Waals surface area contributed by atoms with E-state index in [1.165, 1.54) is 6.21 Å². The number of amides is 1. The average Bonchev–Trinajstić information content (AvgIpc) is 2.74. The lowest BCUT2D eigenvalue weighted by Gasteiger charge is -2.10. The summed E-state index contributed by atoms with van der Waals surface area (Å²) < 4.78 is 0. The number of fused-ring (bicyclic) bond motifs is 1. The molecule has 0 fully saturated rings. The number of hydrazone groups is 1. The van der Waals surface area contributed by atoms with E-state index in [-0.39, 0.29) is 11.7 Å². The van der Waals surface area contributed by atoms with Crippen LogP contribution < -0.4 is 5.43 Å². The molecular formula is C24H19N3O2. The van der Waals surface area contributed by atoms with Crippen LogP contribution in [0.1, 0.15) is 21.5 Å². The third-order valence-electron chi connectivity index (χ3n) is 4.69. The Morgan fingerprint density at radius 2 is 1.72 bits per heavy atom. The van der Waals surface area contributed by atoms with Gasteiger partial charge < -0.3 is 5.11 Å². The van der Waals surface area contributed by atoms with Crippen molar-refractivity contribution in [3.8, 4) is 17.0 Å². The van der Waals surface area contributed by atoms with Crippen molar-refractivity contribution in [2.75, 3.05) is 0 Å². The van der Waals surface area contributed by atoms with Gasteiger partial charge in [-0.1, -0.05) is 54.6 Å². The molecule has 0 radical (unpaired) electrons. The molecule has 0 saturated carbocycles. The molecule has 4 rings (SSSR count). The van der Waals surface area contributed by atoms with Crippen LogP contribution in [-0.2, 0) is 0 Å². The van der Waals surface area contributed by atoms with Gasteiger partial charge in [-0.3, -0.25) is 4.79 Å². The molecule has 5 nitrogen and oxygen atoms in total. The van der Waals surface area contributed by atoms with E-state index in [1.807, 2.05) is 55.5 Å². The SMILES string of the molecule is Cc1ccccc1-c1cc(C(=O)NN=Cc2ccccc2O)c2ccccc2n1. The first-order valence-electron chi connectivity index (χ1n) is 9.20. The molecule has 1 aromatic heterocycles. The highest BCUT2D eigenvalue weighted by Gasteiger charge is 2.14. The van der Waals surface area contributed by atoms with Crippen LogP contribution >= 0.6 is 0 Å². The maximum atomic E-state index is 12.9. The number of hydrogen-bond donors (Lipinski definition) is 2. The maximum absolute atomic E-state index is 12.9. The van der Waals surface area contributed by atoms with Crippen molar-refractivity contribution in [2.24, 2.45) is 5.10 Å². The standard InChI is InChI=1S/C24H19N3O2/c1-16-8-2-4-10-18(16)22-14-20(19-11-5-6-12-21(19)26-22)24(29)27-25-15-17-9-3-7-13-23(17)28/h2-15,28H,1H3,(H,27,29). The number of carbonyl (C=O) groups is 1. The molecule has 0 aliphatic carbocycles. The van der Waals surface area contributed by atoms with E-state index in [9.17, 15) is 9.90 Å². The Kier molecular flexibility index (Phi) is 5.03. The molecule has 4 aromatic rings. The predicted octanol–water partition coefficient (Wildman–Crippen LogP) is 4.68. The fourth-order valence-corrected chi connectivity index (χ4v) is 3.18. The third kappa shape index (κ3) is 3.84. The summed E-state index contributed by atoms with van der Waals surface area (Å²) in [6.07, 6.45) is 1.42. The molecule has 0 atom stereocenters. The van der Waals surface area contributed by atoms with Gasteiger partial charge in [-0.15, -0.1) is 0 Å². The van der Waals surface area contributed by atoms with Crippen molar-refractivity contribution in [3.05, 3.63) is 95.6 Å². The molecule has 1 amide bonds. The van der Waals surface area contributed by atoms with Gasteiger partial charge in [0.1, 0.15) is 5.75 Å². The van der Waals surface area contributed by atoms with Gasteiger partial charge in [0, 0.05) is 16.5 Å². The van der Waals surface area contributed by atoms with Gasteiger partial charge in [0.05, 0.1) is 23.0 Å². The number of phenols is 1. The van der Waals surface area contributed by atoms with Crippen LogP contribution in [0.4, 0.5) is 0 Å². The van der Waals surface area contributed by atoms with Gasteiger partial charge in [0.15, 0.2) is 0 Å². The summed E-state index contributed by atoms with van der Waals surface area (Å²) in [4.78, 5) is 17.6. The molecule has 0 unspecified atom stereocenters. The summed E-state index contributed by atoms with van der Waals surface area (Å²) in [5.41, 5.74) is 7.09. The molecule has 2 N–H and O–H groups in total. The number of aryl methyl sites for hydroxylation is 1. The van der Waals surface area contributed by atoms with Gasteiger partial charge >= 0.3 is 0 Å². The second-order valence-electron chi connectivity index (χ2n) is 6.65. The minimum absolute atomic E-state index is 0.0988. The van der Waals surface area contributed by atoms with Crippen molar-refractivity contribution in [3.63, 3.8) is 0 Å². The predicted molar refractivity (Wildman–Crippen MR) is 115 cm³/mol. The van der Waals surface area contributed by atoms with Gasteiger partial charge in [0.2, 0.25) is 0 Å². The van der Waals surface area contributed by atoms with Crippen LogP contribution in [0.2, 0.25) is 0 Å². The first-order valence-corrected chi connectivity index (χ1v) is 9.20. The number of rotatable bonds is 4. The monoisotopic (exact) mass is 381 g/mol. The molecule has 0 saturated heterocycles. The number of pyridine rings is 1. The molecule has 0 aliphatic heterocycles. The number of nitrogens with one attached hydrogen (secondary N) is 1. The van der Waals surface area contributed by atoms with E-state index in [1.54, 1.807) is 30.3 Å². The van der Waals surface area contributed by atoms with Crippen LogP contribution in [0, 0.1) is 6.92 Å². The van der Waals surface area contributed by atoms with Crippen LogP contribution in [0.25, 0.3) is 22.2 Å². The van der Waals surface area contributed by atoms with Crippen molar-refractivity contribution >= 4 is 23.0 Å². The van der Waals surface area contributed by atoms with Crippen molar-refractivity contribution in [1.29, 1.82) is 0 Å². The first-order chi connectivity index (χ1) is 14.1. The summed E-state index contributed by atoms with van der Waals surface area (Å²) in [7, 11) is 0. The summed E-state index contributed by atoms with van der Waals surface area (Å²) in [6, 6.07) is 24.0. The van der Waals surface area contributed by atoms with E-state index in [2.05, 4.69) is 10.5 Å². The Labute approximate surface area is 168 Å². The van der Waals surface area contributed by atoms with E-state index in [0.29, 0.717) is 11.1 Å². The fourth-order valence-electron chi connectivity index (χ4n) is 3.18. The van der Waals surface area contributed by atoms with Gasteiger partial charge in [-0.2, -0.15) is 5.10 Å². The lowest BCUT2D eigenvalue weighted by atomic mass is 10.0. The lowest BCUT2D eigenvalue weighted by molar-refractivity contribution is 0.0956. The number of carbonyl (C=O) groups excluding carboxylic acids is 1. The quantitative estimate of drug-likeness (QED) is 0.398. The minimum Gasteiger partial charge on any atom is -0.507 e. The maximum Gasteiger partial charge on any atom is 0.272 e. The molecular weight excluding hydrogens is 362 g/mol. The zero-order valence-electron chi connectivity index (χ0n) is 15.8. The minimum atomic E-state index is -0.342. The zero-order chi connectivity index (χ0) is 20.2. The molecule has 0 bridgehead atoms. The highest BCUT2D eigenvalue weighted by atomic mass is 16.3. The topological polar surface area (TPSA) is 74.6 Å².